The molecule has 1 aliphatic rings. The normalized spacial score (nSPS) is 32.5. The molecule has 0 saturated heterocycles. The number of amides is 1. The Morgan fingerprint density at radius 1 is 1.44 bits per heavy atom. The molecule has 25 heavy (non-hydrogen) atoms. The number of carbonyl (C=O) groups is 1. The van der Waals surface area contributed by atoms with Gasteiger partial charge in [0, 0.05) is 17.2 Å². The van der Waals surface area contributed by atoms with Crippen LogP contribution in [0.4, 0.5) is 0 Å². The Hall–Kier alpha value is -0.720. The van der Waals surface area contributed by atoms with Gasteiger partial charge in [-0.2, -0.15) is 0 Å². The third-order valence-corrected chi connectivity index (χ3v) is 7.30. The van der Waals surface area contributed by atoms with E-state index in [9.17, 15) is 18.7 Å². The van der Waals surface area contributed by atoms with Crippen molar-refractivity contribution in [2.75, 3.05) is 5.75 Å². The summed E-state index contributed by atoms with van der Waals surface area (Å²) in [4.78, 5) is 12.6. The number of hydrogen-bond donors (Lipinski definition) is 2. The highest BCUT2D eigenvalue weighted by Gasteiger charge is 2.57. The lowest BCUT2D eigenvalue weighted by Crippen LogP contribution is -2.52. The van der Waals surface area contributed by atoms with E-state index in [0.29, 0.717) is 5.92 Å². The van der Waals surface area contributed by atoms with Gasteiger partial charge >= 0.3 is 0 Å². The molecule has 146 valence electrons. The molecule has 1 fully saturated rings. The lowest BCUT2D eigenvalue weighted by molar-refractivity contribution is -0.128. The molecule has 6 heteroatoms. The molecule has 2 N–H and O–H groups in total. The highest BCUT2D eigenvalue weighted by Crippen LogP contribution is 2.57. The summed E-state index contributed by atoms with van der Waals surface area (Å²) in [6.07, 6.45) is 5.28. The summed E-state index contributed by atoms with van der Waals surface area (Å²) in [5.74, 6) is -0.429. The van der Waals surface area contributed by atoms with Crippen LogP contribution in [0.25, 0.3) is 0 Å². The minimum absolute atomic E-state index is 0.0248. The zero-order valence-corrected chi connectivity index (χ0v) is 17.2. The number of aliphatic hydroxyl groups excluding tert-OH is 1. The minimum Gasteiger partial charge on any atom is -0.772 e. The summed E-state index contributed by atoms with van der Waals surface area (Å²) < 4.78 is 23.0. The van der Waals surface area contributed by atoms with Gasteiger partial charge in [0.05, 0.1) is 12.0 Å². The Kier molecular flexibility index (Phi) is 7.84. The van der Waals surface area contributed by atoms with Crippen molar-refractivity contribution in [2.45, 2.75) is 73.0 Å². The van der Waals surface area contributed by atoms with Gasteiger partial charge in [0.25, 0.3) is 0 Å². The molecule has 1 rings (SSSR count). The molecule has 0 aliphatic heterocycles. The van der Waals surface area contributed by atoms with Crippen LogP contribution in [0.1, 0.15) is 60.8 Å². The molecule has 6 atom stereocenters. The summed E-state index contributed by atoms with van der Waals surface area (Å²) in [6.45, 7) is 11.8. The van der Waals surface area contributed by atoms with Crippen LogP contribution >= 0.6 is 0 Å². The van der Waals surface area contributed by atoms with Crippen LogP contribution in [0.15, 0.2) is 12.2 Å². The molecule has 0 aromatic heterocycles. The summed E-state index contributed by atoms with van der Waals surface area (Å²) in [7, 11) is 0. The number of nitrogens with one attached hydrogen (secondary N) is 1. The van der Waals surface area contributed by atoms with Gasteiger partial charge in [-0.25, -0.2) is 0 Å². The smallest absolute Gasteiger partial charge is 0.226 e. The molecule has 0 heterocycles. The van der Waals surface area contributed by atoms with E-state index in [1.807, 2.05) is 6.92 Å². The molecule has 1 aliphatic carbocycles. The van der Waals surface area contributed by atoms with Crippen LogP contribution in [0, 0.1) is 22.7 Å². The first kappa shape index (κ1) is 22.3. The van der Waals surface area contributed by atoms with Crippen LogP contribution in [0.5, 0.6) is 0 Å². The largest absolute Gasteiger partial charge is 0.772 e. The minimum atomic E-state index is -2.18. The van der Waals surface area contributed by atoms with Crippen molar-refractivity contribution in [3.63, 3.8) is 0 Å². The lowest BCUT2D eigenvalue weighted by Gasteiger charge is -2.45. The number of allylic oxidation sites excluding steroid dienone is 1. The van der Waals surface area contributed by atoms with E-state index in [-0.39, 0.29) is 23.1 Å². The van der Waals surface area contributed by atoms with Crippen LogP contribution in [0.3, 0.4) is 0 Å². The fourth-order valence-electron chi connectivity index (χ4n) is 4.15. The van der Waals surface area contributed by atoms with Crippen molar-refractivity contribution in [3.8, 4) is 0 Å². The van der Waals surface area contributed by atoms with E-state index in [0.717, 1.165) is 19.3 Å². The van der Waals surface area contributed by atoms with Gasteiger partial charge in [0.2, 0.25) is 5.91 Å². The third kappa shape index (κ3) is 4.72. The van der Waals surface area contributed by atoms with E-state index in [1.54, 1.807) is 26.0 Å². The van der Waals surface area contributed by atoms with E-state index >= 15 is 0 Å². The topological polar surface area (TPSA) is 89.5 Å². The Balaban J connectivity index is 3.05. The summed E-state index contributed by atoms with van der Waals surface area (Å²) in [5, 5.41) is 13.1. The molecule has 4 unspecified atom stereocenters. The van der Waals surface area contributed by atoms with Gasteiger partial charge in [-0.15, -0.1) is 0 Å². The fourth-order valence-corrected chi connectivity index (χ4v) is 5.22. The van der Waals surface area contributed by atoms with Crippen molar-refractivity contribution in [1.82, 2.24) is 5.32 Å². The molecule has 1 amide bonds. The predicted octanol–water partition coefficient (Wildman–Crippen LogP) is 2.78. The molecule has 0 bridgehead atoms. The van der Waals surface area contributed by atoms with E-state index in [4.69, 9.17) is 0 Å². The van der Waals surface area contributed by atoms with Crippen LogP contribution in [0.2, 0.25) is 0 Å². The maximum absolute atomic E-state index is 12.6. The Bertz CT molecular complexity index is 520. The van der Waals surface area contributed by atoms with Crippen molar-refractivity contribution < 1.29 is 18.7 Å². The van der Waals surface area contributed by atoms with Gasteiger partial charge in [-0.1, -0.05) is 70.7 Å². The predicted molar refractivity (Wildman–Crippen MR) is 101 cm³/mol. The van der Waals surface area contributed by atoms with Gasteiger partial charge in [-0.05, 0) is 24.7 Å². The first-order chi connectivity index (χ1) is 11.5. The Morgan fingerprint density at radius 2 is 2.04 bits per heavy atom. The second-order valence-electron chi connectivity index (χ2n) is 8.17. The zero-order valence-electron chi connectivity index (χ0n) is 16.4. The molecule has 0 aromatic carbocycles. The molecular weight excluding hydrogens is 338 g/mol. The quantitative estimate of drug-likeness (QED) is 0.506. The number of aliphatic hydroxyl groups is 1. The number of carbonyl (C=O) groups excluding carboxylic acids is 1. The first-order valence-electron chi connectivity index (χ1n) is 9.18. The van der Waals surface area contributed by atoms with Gasteiger partial charge < -0.3 is 15.0 Å². The molecular formula is C19H34NO4S-. The molecule has 0 aromatic rings. The number of hydrogen-bond acceptors (Lipinski definition) is 4. The highest BCUT2D eigenvalue weighted by molar-refractivity contribution is 7.79. The van der Waals surface area contributed by atoms with E-state index < -0.39 is 28.5 Å². The number of rotatable bonds is 8. The van der Waals surface area contributed by atoms with Crippen molar-refractivity contribution in [1.29, 1.82) is 0 Å². The molecule has 0 radical (unpaired) electrons. The van der Waals surface area contributed by atoms with Crippen molar-refractivity contribution >= 4 is 17.0 Å². The fraction of sp³-hybridized carbons (Fsp3) is 0.842. The summed E-state index contributed by atoms with van der Waals surface area (Å²) in [6, 6.07) is -0.218. The van der Waals surface area contributed by atoms with Crippen LogP contribution in [-0.4, -0.2) is 37.7 Å². The summed E-state index contributed by atoms with van der Waals surface area (Å²) >= 11 is -2.18. The van der Waals surface area contributed by atoms with Crippen molar-refractivity contribution in [2.24, 2.45) is 22.7 Å². The zero-order chi connectivity index (χ0) is 19.4. The van der Waals surface area contributed by atoms with E-state index in [2.05, 4.69) is 26.1 Å². The van der Waals surface area contributed by atoms with Gasteiger partial charge in [0.1, 0.15) is 0 Å². The lowest BCUT2D eigenvalue weighted by atomic mass is 9.65. The first-order valence-corrected chi connectivity index (χ1v) is 10.4. The standard InChI is InChI=1S/C19H35NO4S/c1-7-9-14-11-16(19(6,12-25(23)24)18(14,4)5)20-17(22)13(3)15(21)10-8-2/h8,10,13-16,21H,7,9,11-12H2,1-6H3,(H,20,22)(H,23,24)/p-1/b10-8+/t13-,14?,15-,16?,19?/m1/s1. The molecule has 0 spiro atoms. The maximum Gasteiger partial charge on any atom is 0.226 e. The van der Waals surface area contributed by atoms with Crippen molar-refractivity contribution in [3.05, 3.63) is 12.2 Å². The van der Waals surface area contributed by atoms with Crippen LogP contribution < -0.4 is 5.32 Å². The monoisotopic (exact) mass is 372 g/mol. The second-order valence-corrected chi connectivity index (χ2v) is 9.07. The summed E-state index contributed by atoms with van der Waals surface area (Å²) in [5.41, 5.74) is -0.743. The average molecular weight is 373 g/mol. The third-order valence-electron chi connectivity index (χ3n) is 6.47. The molecule has 5 nitrogen and oxygen atoms in total. The molecule has 1 saturated carbocycles. The average Bonchev–Trinajstić information content (AvgIpc) is 2.67. The van der Waals surface area contributed by atoms with Gasteiger partial charge in [0.15, 0.2) is 0 Å². The Labute approximate surface area is 154 Å². The maximum atomic E-state index is 12.6. The van der Waals surface area contributed by atoms with Crippen LogP contribution in [-0.2, 0) is 15.9 Å². The Morgan fingerprint density at radius 3 is 2.52 bits per heavy atom. The highest BCUT2D eigenvalue weighted by atomic mass is 32.2. The SMILES string of the molecule is C/C=C/[C@@H](O)[C@@H](C)C(=O)NC1CC(CCC)C(C)(C)C1(C)CS(=O)[O-]. The van der Waals surface area contributed by atoms with Gasteiger partial charge in [-0.3, -0.25) is 9.00 Å². The van der Waals surface area contributed by atoms with E-state index in [1.165, 1.54) is 0 Å². The second kappa shape index (κ2) is 8.78.